The zero-order valence-electron chi connectivity index (χ0n) is 22.1. The van der Waals surface area contributed by atoms with Gasteiger partial charge in [-0.3, -0.25) is 14.5 Å². The van der Waals surface area contributed by atoms with Crippen molar-refractivity contribution in [3.8, 4) is 0 Å². The number of oxazole rings is 1. The van der Waals surface area contributed by atoms with Gasteiger partial charge in [-0.25, -0.2) is 13.4 Å². The minimum Gasteiger partial charge on any atom is -0.436 e. The summed E-state index contributed by atoms with van der Waals surface area (Å²) < 4.78 is 40.0. The van der Waals surface area contributed by atoms with Gasteiger partial charge in [-0.05, 0) is 31.3 Å². The van der Waals surface area contributed by atoms with Gasteiger partial charge in [0.15, 0.2) is 0 Å². The average Bonchev–Trinajstić information content (AvgIpc) is 3.57. The summed E-state index contributed by atoms with van der Waals surface area (Å²) in [6.45, 7) is 3.31. The Kier molecular flexibility index (Phi) is 7.34. The molecule has 0 saturated carbocycles. The molecule has 6 rings (SSSR count). The standard InChI is InChI=1S/C26H31ClN6O6S/c1-30-5-4-21-22(16-30)39-25(29-21)26(35)33-7-6-32(15-19(33)14-24(34)31-8-10-38-11-9-31)40(36,37)23-13-17-12-18(27)2-3-20(17)28-23/h2-3,12-13,19,28H,4-11,14-16H2,1H3. The van der Waals surface area contributed by atoms with Gasteiger partial charge in [0, 0.05) is 68.0 Å². The molecular formula is C26H31ClN6O6S. The van der Waals surface area contributed by atoms with Crippen LogP contribution in [0.15, 0.2) is 33.7 Å². The van der Waals surface area contributed by atoms with Gasteiger partial charge in [0.25, 0.3) is 15.9 Å². The molecule has 40 heavy (non-hydrogen) atoms. The number of likely N-dealkylation sites (N-methyl/N-ethyl adjacent to an activating group) is 1. The summed E-state index contributed by atoms with van der Waals surface area (Å²) in [6, 6.07) is 5.96. The van der Waals surface area contributed by atoms with Crippen molar-refractivity contribution in [2.24, 2.45) is 0 Å². The molecule has 0 radical (unpaired) electrons. The number of ether oxygens (including phenoxy) is 1. The third-order valence-corrected chi connectivity index (χ3v) is 9.78. The van der Waals surface area contributed by atoms with Crippen LogP contribution in [0.2, 0.25) is 5.02 Å². The van der Waals surface area contributed by atoms with E-state index in [0.717, 1.165) is 12.2 Å². The van der Waals surface area contributed by atoms with Crippen molar-refractivity contribution in [2.45, 2.75) is 30.5 Å². The highest BCUT2D eigenvalue weighted by Crippen LogP contribution is 2.28. The van der Waals surface area contributed by atoms with E-state index in [-0.39, 0.29) is 42.9 Å². The maximum absolute atomic E-state index is 13.7. The average molecular weight is 591 g/mol. The Hall–Kier alpha value is -2.97. The van der Waals surface area contributed by atoms with Crippen molar-refractivity contribution in [3.05, 3.63) is 46.6 Å². The molecule has 0 bridgehead atoms. The number of carbonyl (C=O) groups excluding carboxylic acids is 2. The molecule has 3 aliphatic rings. The molecule has 2 fully saturated rings. The number of nitrogens with zero attached hydrogens (tertiary/aromatic N) is 5. The molecular weight excluding hydrogens is 560 g/mol. The fourth-order valence-corrected chi connectivity index (χ4v) is 7.19. The van der Waals surface area contributed by atoms with Crippen molar-refractivity contribution in [1.29, 1.82) is 0 Å². The number of carbonyl (C=O) groups is 2. The van der Waals surface area contributed by atoms with Gasteiger partial charge in [0.2, 0.25) is 5.91 Å². The SMILES string of the molecule is CN1CCc2nc(C(=O)N3CCN(S(=O)(=O)c4cc5cc(Cl)ccc5[nH]4)CC3CC(=O)N3CCOCC3)oc2C1. The quantitative estimate of drug-likeness (QED) is 0.473. The minimum atomic E-state index is -3.95. The lowest BCUT2D eigenvalue weighted by molar-refractivity contribution is -0.136. The summed E-state index contributed by atoms with van der Waals surface area (Å²) in [5.74, 6) is 0.0548. The number of rotatable bonds is 5. The summed E-state index contributed by atoms with van der Waals surface area (Å²) >= 11 is 6.09. The van der Waals surface area contributed by atoms with Crippen molar-refractivity contribution in [1.82, 2.24) is 29.0 Å². The van der Waals surface area contributed by atoms with Crippen LogP contribution in [0.3, 0.4) is 0 Å². The zero-order valence-corrected chi connectivity index (χ0v) is 23.7. The van der Waals surface area contributed by atoms with E-state index in [1.807, 2.05) is 7.05 Å². The van der Waals surface area contributed by atoms with Gasteiger partial charge in [-0.2, -0.15) is 4.31 Å². The summed E-state index contributed by atoms with van der Waals surface area (Å²) in [4.78, 5) is 39.7. The molecule has 1 N–H and O–H groups in total. The molecule has 0 spiro atoms. The normalized spacial score (nSPS) is 21.1. The highest BCUT2D eigenvalue weighted by Gasteiger charge is 2.40. The monoisotopic (exact) mass is 590 g/mol. The van der Waals surface area contributed by atoms with E-state index in [9.17, 15) is 18.0 Å². The molecule has 3 aliphatic heterocycles. The summed E-state index contributed by atoms with van der Waals surface area (Å²) in [5, 5.41) is 1.22. The first-order valence-corrected chi connectivity index (χ1v) is 15.1. The first kappa shape index (κ1) is 27.2. The molecule has 0 aliphatic carbocycles. The van der Waals surface area contributed by atoms with Crippen LogP contribution >= 0.6 is 11.6 Å². The van der Waals surface area contributed by atoms with Gasteiger partial charge < -0.3 is 23.9 Å². The van der Waals surface area contributed by atoms with Crippen LogP contribution in [-0.4, -0.2) is 115 Å². The fraction of sp³-hybridized carbons (Fsp3) is 0.500. The molecule has 3 aromatic rings. The second kappa shape index (κ2) is 10.8. The minimum absolute atomic E-state index is 0.0204. The number of halogens is 1. The van der Waals surface area contributed by atoms with Crippen molar-refractivity contribution < 1.29 is 27.2 Å². The Balaban J connectivity index is 1.27. The van der Waals surface area contributed by atoms with Crippen LogP contribution in [-0.2, 0) is 32.5 Å². The molecule has 1 unspecified atom stereocenters. The lowest BCUT2D eigenvalue weighted by atomic mass is 10.1. The third kappa shape index (κ3) is 5.23. The predicted molar refractivity (Wildman–Crippen MR) is 145 cm³/mol. The molecule has 5 heterocycles. The van der Waals surface area contributed by atoms with E-state index in [1.165, 1.54) is 9.21 Å². The Morgan fingerprint density at radius 3 is 2.73 bits per heavy atom. The largest absolute Gasteiger partial charge is 0.436 e. The van der Waals surface area contributed by atoms with E-state index in [0.29, 0.717) is 61.0 Å². The number of morpholine rings is 1. The molecule has 1 atom stereocenters. The van der Waals surface area contributed by atoms with Crippen LogP contribution in [0, 0.1) is 0 Å². The van der Waals surface area contributed by atoms with Crippen molar-refractivity contribution >= 4 is 44.3 Å². The Morgan fingerprint density at radius 1 is 1.12 bits per heavy atom. The molecule has 214 valence electrons. The number of fused-ring (bicyclic) bond motifs is 2. The van der Waals surface area contributed by atoms with Gasteiger partial charge >= 0.3 is 5.91 Å². The second-order valence-corrected chi connectivity index (χ2v) is 12.8. The molecule has 2 saturated heterocycles. The highest BCUT2D eigenvalue weighted by molar-refractivity contribution is 7.89. The summed E-state index contributed by atoms with van der Waals surface area (Å²) in [5.41, 5.74) is 1.41. The van der Waals surface area contributed by atoms with Crippen LogP contribution < -0.4 is 0 Å². The highest BCUT2D eigenvalue weighted by atomic mass is 35.5. The van der Waals surface area contributed by atoms with E-state index >= 15 is 0 Å². The van der Waals surface area contributed by atoms with E-state index in [1.54, 1.807) is 29.2 Å². The smallest absolute Gasteiger partial charge is 0.310 e. The van der Waals surface area contributed by atoms with Crippen LogP contribution in [0.4, 0.5) is 0 Å². The first-order valence-electron chi connectivity index (χ1n) is 13.3. The number of nitrogens with one attached hydrogen (secondary N) is 1. The van der Waals surface area contributed by atoms with Crippen LogP contribution in [0.25, 0.3) is 10.9 Å². The van der Waals surface area contributed by atoms with Gasteiger partial charge in [-0.1, -0.05) is 11.6 Å². The van der Waals surface area contributed by atoms with Gasteiger partial charge in [0.1, 0.15) is 10.8 Å². The molecule has 12 nitrogen and oxygen atoms in total. The van der Waals surface area contributed by atoms with Gasteiger partial charge in [0.05, 0.1) is 31.5 Å². The predicted octanol–water partition coefficient (Wildman–Crippen LogP) is 1.56. The Bertz CT molecular complexity index is 1550. The number of H-pyrrole nitrogens is 1. The van der Waals surface area contributed by atoms with E-state index < -0.39 is 22.0 Å². The number of amides is 2. The molecule has 14 heteroatoms. The Morgan fingerprint density at radius 2 is 1.93 bits per heavy atom. The number of piperazine rings is 1. The lowest BCUT2D eigenvalue weighted by Crippen LogP contribution is -2.58. The van der Waals surface area contributed by atoms with Crippen molar-refractivity contribution in [3.63, 3.8) is 0 Å². The second-order valence-electron chi connectivity index (χ2n) is 10.5. The molecule has 2 aromatic heterocycles. The number of aromatic amines is 1. The zero-order chi connectivity index (χ0) is 28.0. The number of hydrogen-bond acceptors (Lipinski definition) is 8. The number of benzene rings is 1. The maximum atomic E-state index is 13.7. The first-order chi connectivity index (χ1) is 19.2. The number of hydrogen-bond donors (Lipinski definition) is 1. The van der Waals surface area contributed by atoms with E-state index in [4.69, 9.17) is 20.8 Å². The van der Waals surface area contributed by atoms with Gasteiger partial charge in [-0.15, -0.1) is 0 Å². The lowest BCUT2D eigenvalue weighted by Gasteiger charge is -2.40. The topological polar surface area (TPSA) is 132 Å². The summed E-state index contributed by atoms with van der Waals surface area (Å²) in [7, 11) is -1.97. The number of aromatic nitrogens is 2. The number of sulfonamides is 1. The van der Waals surface area contributed by atoms with Crippen LogP contribution in [0.5, 0.6) is 0 Å². The fourth-order valence-electron chi connectivity index (χ4n) is 5.52. The molecule has 2 amide bonds. The van der Waals surface area contributed by atoms with E-state index in [2.05, 4.69) is 14.9 Å². The van der Waals surface area contributed by atoms with Crippen molar-refractivity contribution in [2.75, 3.05) is 59.5 Å². The van der Waals surface area contributed by atoms with Crippen LogP contribution in [0.1, 0.15) is 28.6 Å². The molecule has 1 aromatic carbocycles. The maximum Gasteiger partial charge on any atom is 0.310 e. The third-order valence-electron chi connectivity index (χ3n) is 7.76. The Labute approximate surface area is 236 Å². The summed E-state index contributed by atoms with van der Waals surface area (Å²) in [6.07, 6.45) is 0.659.